The molecule has 2 aromatic carbocycles. The number of hydrazine groups is 1. The zero-order valence-corrected chi connectivity index (χ0v) is 16.6. The summed E-state index contributed by atoms with van der Waals surface area (Å²) in [6.07, 6.45) is 1.54. The van der Waals surface area contributed by atoms with Crippen LogP contribution in [0.15, 0.2) is 68.8 Å². The Hall–Kier alpha value is -2.30. The summed E-state index contributed by atoms with van der Waals surface area (Å²) in [5.74, 6) is -0.150. The van der Waals surface area contributed by atoms with Gasteiger partial charge in [0.05, 0.1) is 22.2 Å². The number of hydrogen-bond donors (Lipinski definition) is 3. The number of allylic oxidation sites excluding steroid dienone is 2. The number of ketones is 1. The number of thioether (sulfide) groups is 1. The van der Waals surface area contributed by atoms with Crippen LogP contribution in [-0.2, 0) is 10.0 Å². The molecule has 0 radical (unpaired) electrons. The van der Waals surface area contributed by atoms with Gasteiger partial charge in [0.2, 0.25) is 0 Å². The van der Waals surface area contributed by atoms with Crippen molar-refractivity contribution in [2.75, 3.05) is 6.67 Å². The van der Waals surface area contributed by atoms with Gasteiger partial charge in [0.15, 0.2) is 5.78 Å². The number of rotatable bonds is 4. The van der Waals surface area contributed by atoms with E-state index in [4.69, 9.17) is 0 Å². The van der Waals surface area contributed by atoms with Gasteiger partial charge in [-0.2, -0.15) is 12.8 Å². The number of Topliss-reactive ketones (excluding diaryl/α,β-unsaturated/α-hetero) is 1. The molecule has 0 spiro atoms. The lowest BCUT2D eigenvalue weighted by molar-refractivity contribution is 0.104. The molecular formula is C19H18N4O3S2. The zero-order valence-electron chi connectivity index (χ0n) is 15.0. The summed E-state index contributed by atoms with van der Waals surface area (Å²) in [4.78, 5) is 13.4. The highest BCUT2D eigenvalue weighted by atomic mass is 32.2. The number of benzene rings is 2. The molecule has 1 aliphatic heterocycles. The van der Waals surface area contributed by atoms with Gasteiger partial charge in [0.25, 0.3) is 10.0 Å². The summed E-state index contributed by atoms with van der Waals surface area (Å²) >= 11 is 1.28. The fourth-order valence-electron chi connectivity index (χ4n) is 2.90. The highest BCUT2D eigenvalue weighted by Gasteiger charge is 2.28. The van der Waals surface area contributed by atoms with E-state index in [0.717, 1.165) is 5.56 Å². The maximum atomic E-state index is 12.9. The molecule has 2 aromatic rings. The highest BCUT2D eigenvalue weighted by Crippen LogP contribution is 2.31. The summed E-state index contributed by atoms with van der Waals surface area (Å²) in [6.45, 7) is 2.45. The van der Waals surface area contributed by atoms with Crippen molar-refractivity contribution in [2.45, 2.75) is 17.3 Å². The molecule has 9 heteroatoms. The summed E-state index contributed by atoms with van der Waals surface area (Å²) in [5.41, 5.74) is 7.89. The summed E-state index contributed by atoms with van der Waals surface area (Å²) in [5, 5.41) is 3.13. The molecule has 4 rings (SSSR count). The first-order valence-electron chi connectivity index (χ1n) is 8.60. The van der Waals surface area contributed by atoms with E-state index in [-0.39, 0.29) is 21.9 Å². The average molecular weight is 415 g/mol. The summed E-state index contributed by atoms with van der Waals surface area (Å²) < 4.78 is 29.7. The van der Waals surface area contributed by atoms with Crippen LogP contribution in [0, 0.1) is 6.92 Å². The van der Waals surface area contributed by atoms with Crippen molar-refractivity contribution in [2.24, 2.45) is 4.40 Å². The fraction of sp³-hybridized carbons (Fsp3) is 0.158. The van der Waals surface area contributed by atoms with E-state index < -0.39 is 10.0 Å². The number of sulfonamides is 1. The maximum Gasteiger partial charge on any atom is 0.282 e. The third kappa shape index (κ3) is 3.80. The standard InChI is InChI=1S/C19H18N4O3S2/c1-12-6-8-13(9-7-12)28(25,26)23-16-10-17(27-19-20-11-21-22-19)18(24)15-5-3-2-4-14(15)16/h2-10,19-22H,11H2,1H3. The Balaban J connectivity index is 1.78. The normalized spacial score (nSPS) is 20.9. The number of hydrogen-bond acceptors (Lipinski definition) is 7. The Bertz CT molecular complexity index is 1090. The van der Waals surface area contributed by atoms with Crippen LogP contribution >= 0.6 is 11.8 Å². The van der Waals surface area contributed by atoms with Crippen LogP contribution in [0.3, 0.4) is 0 Å². The van der Waals surface area contributed by atoms with Crippen LogP contribution in [-0.4, -0.2) is 32.1 Å². The van der Waals surface area contributed by atoms with Crippen molar-refractivity contribution in [3.63, 3.8) is 0 Å². The quantitative estimate of drug-likeness (QED) is 0.703. The predicted molar refractivity (Wildman–Crippen MR) is 109 cm³/mol. The van der Waals surface area contributed by atoms with Crippen LogP contribution in [0.5, 0.6) is 0 Å². The van der Waals surface area contributed by atoms with Gasteiger partial charge in [-0.15, -0.1) is 0 Å². The van der Waals surface area contributed by atoms with E-state index in [9.17, 15) is 13.2 Å². The molecule has 1 atom stereocenters. The molecule has 0 amide bonds. The minimum atomic E-state index is -3.91. The predicted octanol–water partition coefficient (Wildman–Crippen LogP) is 1.92. The Morgan fingerprint density at radius 1 is 1.07 bits per heavy atom. The summed E-state index contributed by atoms with van der Waals surface area (Å²) in [7, 11) is -3.91. The lowest BCUT2D eigenvalue weighted by Crippen LogP contribution is -2.31. The molecule has 1 aliphatic carbocycles. The molecule has 0 bridgehead atoms. The van der Waals surface area contributed by atoms with Crippen molar-refractivity contribution in [1.29, 1.82) is 0 Å². The molecule has 0 saturated carbocycles. The molecule has 1 saturated heterocycles. The van der Waals surface area contributed by atoms with Crippen LogP contribution in [0.25, 0.3) is 0 Å². The van der Waals surface area contributed by atoms with E-state index >= 15 is 0 Å². The molecule has 28 heavy (non-hydrogen) atoms. The van der Waals surface area contributed by atoms with Gasteiger partial charge in [-0.1, -0.05) is 53.7 Å². The summed E-state index contributed by atoms with van der Waals surface area (Å²) in [6, 6.07) is 13.4. The minimum Gasteiger partial charge on any atom is -0.288 e. The fourth-order valence-corrected chi connectivity index (χ4v) is 4.85. The van der Waals surface area contributed by atoms with Crippen molar-refractivity contribution in [3.8, 4) is 0 Å². The van der Waals surface area contributed by atoms with E-state index in [2.05, 4.69) is 20.6 Å². The second-order valence-corrected chi connectivity index (χ2v) is 9.10. The second kappa shape index (κ2) is 7.61. The van der Waals surface area contributed by atoms with Crippen LogP contribution in [0.4, 0.5) is 0 Å². The SMILES string of the molecule is Cc1ccc(S(=O)(=O)N=C2C=C(SC3NCNN3)C(=O)c3ccccc32)cc1. The van der Waals surface area contributed by atoms with Gasteiger partial charge in [-0.05, 0) is 25.1 Å². The number of carbonyl (C=O) groups excluding carboxylic acids is 1. The average Bonchev–Trinajstić information content (AvgIpc) is 3.19. The van der Waals surface area contributed by atoms with Gasteiger partial charge in [0, 0.05) is 11.1 Å². The molecule has 1 heterocycles. The second-order valence-electron chi connectivity index (χ2n) is 6.35. The number of aryl methyl sites for hydroxylation is 1. The minimum absolute atomic E-state index is 0.117. The number of nitrogens with one attached hydrogen (secondary N) is 3. The van der Waals surface area contributed by atoms with Gasteiger partial charge in [0.1, 0.15) is 5.50 Å². The lowest BCUT2D eigenvalue weighted by atomic mass is 9.94. The third-order valence-corrected chi connectivity index (χ3v) is 6.71. The van der Waals surface area contributed by atoms with Gasteiger partial charge in [-0.3, -0.25) is 10.1 Å². The first-order valence-corrected chi connectivity index (χ1v) is 10.9. The van der Waals surface area contributed by atoms with E-state index in [1.807, 2.05) is 6.92 Å². The highest BCUT2D eigenvalue weighted by molar-refractivity contribution is 8.04. The molecule has 7 nitrogen and oxygen atoms in total. The van der Waals surface area contributed by atoms with Crippen molar-refractivity contribution >= 4 is 33.3 Å². The molecular weight excluding hydrogens is 396 g/mol. The Labute approximate surface area is 167 Å². The van der Waals surface area contributed by atoms with E-state index in [1.165, 1.54) is 23.9 Å². The maximum absolute atomic E-state index is 12.9. The third-order valence-electron chi connectivity index (χ3n) is 4.33. The molecule has 2 aliphatic rings. The van der Waals surface area contributed by atoms with E-state index in [0.29, 0.717) is 22.7 Å². The zero-order chi connectivity index (χ0) is 19.7. The first-order chi connectivity index (χ1) is 13.4. The lowest BCUT2D eigenvalue weighted by Gasteiger charge is -2.19. The number of nitrogens with zero attached hydrogens (tertiary/aromatic N) is 1. The van der Waals surface area contributed by atoms with Crippen LogP contribution in [0.1, 0.15) is 21.5 Å². The van der Waals surface area contributed by atoms with Crippen molar-refractivity contribution in [3.05, 3.63) is 76.2 Å². The van der Waals surface area contributed by atoms with Crippen molar-refractivity contribution in [1.82, 2.24) is 16.2 Å². The first kappa shape index (κ1) is 19.0. The Kier molecular flexibility index (Phi) is 5.17. The van der Waals surface area contributed by atoms with Gasteiger partial charge < -0.3 is 0 Å². The Morgan fingerprint density at radius 3 is 2.46 bits per heavy atom. The van der Waals surface area contributed by atoms with Gasteiger partial charge >= 0.3 is 0 Å². The number of fused-ring (bicyclic) bond motifs is 1. The largest absolute Gasteiger partial charge is 0.288 e. The monoisotopic (exact) mass is 414 g/mol. The molecule has 144 valence electrons. The van der Waals surface area contributed by atoms with Crippen LogP contribution < -0.4 is 16.2 Å². The number of carbonyl (C=O) groups is 1. The van der Waals surface area contributed by atoms with E-state index in [1.54, 1.807) is 42.5 Å². The van der Waals surface area contributed by atoms with Crippen LogP contribution in [0.2, 0.25) is 0 Å². The molecule has 1 unspecified atom stereocenters. The van der Waals surface area contributed by atoms with Gasteiger partial charge in [-0.25, -0.2) is 10.9 Å². The molecule has 0 aromatic heterocycles. The Morgan fingerprint density at radius 2 is 1.79 bits per heavy atom. The van der Waals surface area contributed by atoms with Crippen molar-refractivity contribution < 1.29 is 13.2 Å². The molecule has 3 N–H and O–H groups in total. The smallest absolute Gasteiger partial charge is 0.282 e. The molecule has 1 fully saturated rings. The topological polar surface area (TPSA) is 99.7 Å².